The van der Waals surface area contributed by atoms with Gasteiger partial charge in [0.05, 0.1) is 4.91 Å². The van der Waals surface area contributed by atoms with E-state index in [0.717, 1.165) is 34.4 Å². The lowest BCUT2D eigenvalue weighted by Crippen LogP contribution is -2.34. The first-order valence-corrected chi connectivity index (χ1v) is 11.7. The number of benzene rings is 1. The number of amides is 2. The van der Waals surface area contributed by atoms with Crippen LogP contribution in [0.3, 0.4) is 0 Å². The minimum Gasteiger partial charge on any atom is -0.318 e. The van der Waals surface area contributed by atoms with Gasteiger partial charge in [-0.1, -0.05) is 31.4 Å². The summed E-state index contributed by atoms with van der Waals surface area (Å²) < 4.78 is 2.23. The van der Waals surface area contributed by atoms with Crippen molar-refractivity contribution in [1.82, 2.24) is 9.47 Å². The molecule has 1 saturated heterocycles. The Balaban J connectivity index is 1.61. The topological polar surface area (TPSA) is 42.3 Å². The largest absolute Gasteiger partial charge is 0.318 e. The molecule has 5 heteroatoms. The minimum absolute atomic E-state index is 0.126. The maximum absolute atomic E-state index is 12.6. The van der Waals surface area contributed by atoms with Gasteiger partial charge in [-0.15, -0.1) is 0 Å². The Morgan fingerprint density at radius 3 is 2.30 bits per heavy atom. The second-order valence-electron chi connectivity index (χ2n) is 8.73. The second kappa shape index (κ2) is 8.46. The molecule has 0 N–H and O–H groups in total. The lowest BCUT2D eigenvalue weighted by molar-refractivity contribution is -0.123. The minimum atomic E-state index is -0.193. The Labute approximate surface area is 183 Å². The molecule has 158 valence electrons. The summed E-state index contributed by atoms with van der Waals surface area (Å²) in [5, 5.41) is -0.187. The average molecular weight is 423 g/mol. The molecule has 1 aromatic heterocycles. The zero-order valence-electron chi connectivity index (χ0n) is 18.3. The Bertz CT molecular complexity index is 995. The molecule has 0 spiro atoms. The van der Waals surface area contributed by atoms with Gasteiger partial charge in [0.2, 0.25) is 0 Å². The van der Waals surface area contributed by atoms with Crippen LogP contribution in [0.5, 0.6) is 0 Å². The summed E-state index contributed by atoms with van der Waals surface area (Å²) in [6.45, 7) is 7.88. The quantitative estimate of drug-likeness (QED) is 0.522. The number of imide groups is 1. The Morgan fingerprint density at radius 1 is 1.03 bits per heavy atom. The zero-order chi connectivity index (χ0) is 21.4. The number of hydrogen-bond acceptors (Lipinski definition) is 3. The maximum Gasteiger partial charge on any atom is 0.293 e. The third-order valence-electron chi connectivity index (χ3n) is 6.32. The normalized spacial score (nSPS) is 19.5. The van der Waals surface area contributed by atoms with Gasteiger partial charge in [0.1, 0.15) is 0 Å². The highest BCUT2D eigenvalue weighted by Gasteiger charge is 2.36. The molecule has 2 amide bonds. The predicted octanol–water partition coefficient (Wildman–Crippen LogP) is 6.59. The van der Waals surface area contributed by atoms with Crippen molar-refractivity contribution in [3.63, 3.8) is 0 Å². The van der Waals surface area contributed by atoms with Crippen LogP contribution >= 0.6 is 11.8 Å². The van der Waals surface area contributed by atoms with E-state index >= 15 is 0 Å². The van der Waals surface area contributed by atoms with Crippen LogP contribution in [0.25, 0.3) is 11.8 Å². The molecule has 4 rings (SSSR count). The number of aryl methyl sites for hydroxylation is 1. The molecule has 0 bridgehead atoms. The molecule has 2 fully saturated rings. The third kappa shape index (κ3) is 3.87. The fourth-order valence-electron chi connectivity index (χ4n) is 4.73. The van der Waals surface area contributed by atoms with E-state index in [9.17, 15) is 9.59 Å². The van der Waals surface area contributed by atoms with E-state index in [-0.39, 0.29) is 17.2 Å². The standard InChI is InChI=1S/C25H30N2O2S/c1-16(2)26-24(28)23(30-25(26)29)15-21-14-17(3)27(18(21)4)22-12-10-20(11-13-22)19-8-6-5-7-9-19/h10-16,19H,5-9H2,1-4H3/b23-15-. The highest BCUT2D eigenvalue weighted by Crippen LogP contribution is 2.36. The molecule has 1 aliphatic carbocycles. The van der Waals surface area contributed by atoms with E-state index in [0.29, 0.717) is 10.8 Å². The Morgan fingerprint density at radius 2 is 1.70 bits per heavy atom. The number of hydrogen-bond donors (Lipinski definition) is 0. The van der Waals surface area contributed by atoms with E-state index in [4.69, 9.17) is 0 Å². The number of carbonyl (C=O) groups excluding carboxylic acids is 2. The summed E-state index contributed by atoms with van der Waals surface area (Å²) in [5.41, 5.74) is 5.77. The molecule has 0 atom stereocenters. The molecule has 30 heavy (non-hydrogen) atoms. The van der Waals surface area contributed by atoms with Gasteiger partial charge in [0.25, 0.3) is 11.1 Å². The number of thioether (sulfide) groups is 1. The SMILES string of the molecule is Cc1cc(/C=C2\SC(=O)N(C(C)C)C2=O)c(C)n1-c1ccc(C2CCCCC2)cc1. The summed E-state index contributed by atoms with van der Waals surface area (Å²) in [5.74, 6) is 0.508. The van der Waals surface area contributed by atoms with Crippen LogP contribution < -0.4 is 0 Å². The highest BCUT2D eigenvalue weighted by atomic mass is 32.2. The van der Waals surface area contributed by atoms with Gasteiger partial charge in [0, 0.05) is 23.1 Å². The number of rotatable bonds is 4. The molecule has 0 unspecified atom stereocenters. The van der Waals surface area contributed by atoms with Crippen molar-refractivity contribution in [2.75, 3.05) is 0 Å². The van der Waals surface area contributed by atoms with E-state index in [2.05, 4.69) is 48.7 Å². The van der Waals surface area contributed by atoms with Gasteiger partial charge in [-0.05, 0) is 93.6 Å². The van der Waals surface area contributed by atoms with Crippen molar-refractivity contribution in [2.45, 2.75) is 71.8 Å². The van der Waals surface area contributed by atoms with Crippen molar-refractivity contribution in [3.8, 4) is 5.69 Å². The fraction of sp³-hybridized carbons (Fsp3) is 0.440. The molecule has 1 saturated carbocycles. The van der Waals surface area contributed by atoms with E-state index < -0.39 is 0 Å². The summed E-state index contributed by atoms with van der Waals surface area (Å²) in [6, 6.07) is 10.9. The summed E-state index contributed by atoms with van der Waals surface area (Å²) in [6.07, 6.45) is 8.52. The van der Waals surface area contributed by atoms with Crippen LogP contribution in [-0.2, 0) is 4.79 Å². The van der Waals surface area contributed by atoms with Crippen LogP contribution in [0.1, 0.15) is 74.4 Å². The van der Waals surface area contributed by atoms with Gasteiger partial charge >= 0.3 is 0 Å². The molecular formula is C25H30N2O2S. The molecule has 2 heterocycles. The van der Waals surface area contributed by atoms with E-state index in [1.807, 2.05) is 19.9 Å². The molecular weight excluding hydrogens is 392 g/mol. The van der Waals surface area contributed by atoms with Gasteiger partial charge in [0.15, 0.2) is 0 Å². The zero-order valence-corrected chi connectivity index (χ0v) is 19.1. The van der Waals surface area contributed by atoms with Gasteiger partial charge in [-0.25, -0.2) is 0 Å². The molecule has 4 nitrogen and oxygen atoms in total. The summed E-state index contributed by atoms with van der Waals surface area (Å²) >= 11 is 1.03. The Kier molecular flexibility index (Phi) is 5.92. The van der Waals surface area contributed by atoms with Crippen molar-refractivity contribution in [3.05, 3.63) is 57.8 Å². The second-order valence-corrected chi connectivity index (χ2v) is 9.73. The van der Waals surface area contributed by atoms with Crippen molar-refractivity contribution >= 4 is 29.0 Å². The molecule has 0 radical (unpaired) electrons. The number of carbonyl (C=O) groups is 2. The van der Waals surface area contributed by atoms with Gasteiger partial charge < -0.3 is 4.57 Å². The third-order valence-corrected chi connectivity index (χ3v) is 7.21. The maximum atomic E-state index is 12.6. The van der Waals surface area contributed by atoms with Crippen molar-refractivity contribution in [2.24, 2.45) is 0 Å². The molecule has 2 aliphatic rings. The van der Waals surface area contributed by atoms with Gasteiger partial charge in [-0.2, -0.15) is 0 Å². The average Bonchev–Trinajstić information content (AvgIpc) is 3.17. The van der Waals surface area contributed by atoms with Crippen molar-refractivity contribution in [1.29, 1.82) is 0 Å². The van der Waals surface area contributed by atoms with Crippen molar-refractivity contribution < 1.29 is 9.59 Å². The smallest absolute Gasteiger partial charge is 0.293 e. The lowest BCUT2D eigenvalue weighted by Gasteiger charge is -2.22. The first-order valence-electron chi connectivity index (χ1n) is 10.9. The molecule has 1 aromatic carbocycles. The van der Waals surface area contributed by atoms with Gasteiger partial charge in [-0.3, -0.25) is 14.5 Å². The predicted molar refractivity (Wildman–Crippen MR) is 124 cm³/mol. The molecule has 2 aromatic rings. The van der Waals surface area contributed by atoms with E-state index in [1.54, 1.807) is 0 Å². The number of aromatic nitrogens is 1. The highest BCUT2D eigenvalue weighted by molar-refractivity contribution is 8.18. The summed E-state index contributed by atoms with van der Waals surface area (Å²) in [7, 11) is 0. The van der Waals surface area contributed by atoms with Crippen LogP contribution in [0.4, 0.5) is 4.79 Å². The first kappa shape index (κ1) is 21.0. The fourth-order valence-corrected chi connectivity index (χ4v) is 5.68. The lowest BCUT2D eigenvalue weighted by atomic mass is 9.84. The first-order chi connectivity index (χ1) is 14.4. The van der Waals surface area contributed by atoms with E-state index in [1.165, 1.54) is 42.6 Å². The van der Waals surface area contributed by atoms with Crippen LogP contribution in [-0.4, -0.2) is 26.7 Å². The monoisotopic (exact) mass is 422 g/mol. The van der Waals surface area contributed by atoms with Crippen LogP contribution in [0, 0.1) is 13.8 Å². The van der Waals surface area contributed by atoms with Crippen LogP contribution in [0.15, 0.2) is 35.2 Å². The Hall–Kier alpha value is -2.27. The number of nitrogens with zero attached hydrogens (tertiary/aromatic N) is 2. The van der Waals surface area contributed by atoms with Crippen LogP contribution in [0.2, 0.25) is 0 Å². The summed E-state index contributed by atoms with van der Waals surface area (Å²) in [4.78, 5) is 26.7. The molecule has 1 aliphatic heterocycles.